The van der Waals surface area contributed by atoms with Crippen LogP contribution in [0.4, 0.5) is 0 Å². The molecule has 0 aromatic carbocycles. The van der Waals surface area contributed by atoms with Crippen molar-refractivity contribution < 1.29 is 9.53 Å². The smallest absolute Gasteiger partial charge is 0.193 e. The Balaban J connectivity index is 4.66. The van der Waals surface area contributed by atoms with E-state index in [1.54, 1.807) is 6.92 Å². The first-order valence-electron chi connectivity index (χ1n) is 6.64. The third-order valence-corrected chi connectivity index (χ3v) is 7.97. The summed E-state index contributed by atoms with van der Waals surface area (Å²) in [4.78, 5) is 0. The Bertz CT molecular complexity index is 239. The van der Waals surface area contributed by atoms with Gasteiger partial charge in [-0.1, -0.05) is 46.3 Å². The van der Waals surface area contributed by atoms with Crippen LogP contribution in [0.3, 0.4) is 0 Å². The second-order valence-corrected chi connectivity index (χ2v) is 11.1. The Morgan fingerprint density at radius 3 is 2.18 bits per heavy atom. The van der Waals surface area contributed by atoms with Crippen molar-refractivity contribution >= 4 is 8.32 Å². The molecule has 0 fully saturated rings. The molecule has 0 spiro atoms. The molecule has 2 atom stereocenters. The Morgan fingerprint density at radius 1 is 1.29 bits per heavy atom. The van der Waals surface area contributed by atoms with Crippen molar-refractivity contribution in [3.8, 4) is 0 Å². The minimum atomic E-state index is -1.80. The summed E-state index contributed by atoms with van der Waals surface area (Å²) in [7, 11) is -1.80. The normalized spacial score (nSPS) is 17.4. The molecule has 0 saturated carbocycles. The van der Waals surface area contributed by atoms with E-state index in [1.165, 1.54) is 0 Å². The molecule has 0 unspecified atom stereocenters. The number of aliphatic hydroxyl groups excluding tert-OH is 1. The molecule has 0 rings (SSSR count). The minimum absolute atomic E-state index is 0.164. The molecule has 0 saturated heterocycles. The van der Waals surface area contributed by atoms with Crippen LogP contribution in [0, 0.1) is 0 Å². The van der Waals surface area contributed by atoms with Crippen molar-refractivity contribution in [2.24, 2.45) is 0 Å². The average molecular weight is 258 g/mol. The maximum atomic E-state index is 9.79. The van der Waals surface area contributed by atoms with E-state index < -0.39 is 14.4 Å². The number of rotatable bonds is 6. The number of hydrogen-bond donors (Lipinski definition) is 1. The maximum Gasteiger partial charge on any atom is 0.193 e. The summed E-state index contributed by atoms with van der Waals surface area (Å²) >= 11 is 0. The second-order valence-electron chi connectivity index (χ2n) is 6.30. The summed E-state index contributed by atoms with van der Waals surface area (Å²) in [6, 6.07) is 0. The highest BCUT2D eigenvalue weighted by atomic mass is 28.4. The highest BCUT2D eigenvalue weighted by Crippen LogP contribution is 2.37. The summed E-state index contributed by atoms with van der Waals surface area (Å²) < 4.78 is 6.21. The van der Waals surface area contributed by atoms with Crippen LogP contribution in [0.2, 0.25) is 18.1 Å². The lowest BCUT2D eigenvalue weighted by atomic mass is 10.2. The fraction of sp³-hybridized carbons (Fsp3) is 0.857. The van der Waals surface area contributed by atoms with Gasteiger partial charge in [-0.2, -0.15) is 0 Å². The lowest BCUT2D eigenvalue weighted by molar-refractivity contribution is 0.0684. The number of aliphatic hydroxyl groups is 1. The third kappa shape index (κ3) is 5.84. The van der Waals surface area contributed by atoms with E-state index in [4.69, 9.17) is 4.43 Å². The largest absolute Gasteiger partial charge is 0.408 e. The van der Waals surface area contributed by atoms with E-state index in [-0.39, 0.29) is 11.1 Å². The van der Waals surface area contributed by atoms with Gasteiger partial charge < -0.3 is 9.53 Å². The molecule has 0 bridgehead atoms. The van der Waals surface area contributed by atoms with Gasteiger partial charge in [0.15, 0.2) is 8.32 Å². The summed E-state index contributed by atoms with van der Waals surface area (Å²) in [5.41, 5.74) is 0. The van der Waals surface area contributed by atoms with Gasteiger partial charge in [-0.25, -0.2) is 0 Å². The lowest BCUT2D eigenvalue weighted by Crippen LogP contribution is -2.46. The van der Waals surface area contributed by atoms with Gasteiger partial charge in [-0.3, -0.25) is 0 Å². The van der Waals surface area contributed by atoms with E-state index in [2.05, 4.69) is 46.9 Å². The summed E-state index contributed by atoms with van der Waals surface area (Å²) in [6.45, 7) is 15.0. The Morgan fingerprint density at radius 2 is 1.82 bits per heavy atom. The minimum Gasteiger partial charge on any atom is -0.408 e. The fourth-order valence-corrected chi connectivity index (χ4v) is 2.52. The molecule has 0 aromatic rings. The highest BCUT2D eigenvalue weighted by molar-refractivity contribution is 6.74. The molecule has 0 aromatic heterocycles. The first kappa shape index (κ1) is 16.9. The monoisotopic (exact) mass is 258 g/mol. The zero-order valence-electron chi connectivity index (χ0n) is 12.6. The molecule has 1 N–H and O–H groups in total. The Hall–Kier alpha value is -0.123. The molecular formula is C14H30O2Si. The lowest BCUT2D eigenvalue weighted by Gasteiger charge is -2.39. The van der Waals surface area contributed by atoms with Gasteiger partial charge in [-0.15, -0.1) is 0 Å². The molecule has 0 heterocycles. The SMILES string of the molecule is CCCC=C[C@H](O[Si](C)(C)C(C)(C)C)[C@H](C)O. The second kappa shape index (κ2) is 6.71. The first-order chi connectivity index (χ1) is 7.62. The summed E-state index contributed by atoms with van der Waals surface area (Å²) in [5, 5.41) is 9.97. The van der Waals surface area contributed by atoms with Gasteiger partial charge in [0.1, 0.15) is 0 Å². The zero-order chi connectivity index (χ0) is 13.7. The van der Waals surface area contributed by atoms with E-state index in [1.807, 2.05) is 6.08 Å². The predicted octanol–water partition coefficient (Wildman–Crippen LogP) is 4.11. The van der Waals surface area contributed by atoms with Gasteiger partial charge in [-0.05, 0) is 31.5 Å². The van der Waals surface area contributed by atoms with Crippen LogP contribution in [-0.2, 0) is 4.43 Å². The van der Waals surface area contributed by atoms with Crippen molar-refractivity contribution in [3.05, 3.63) is 12.2 Å². The van der Waals surface area contributed by atoms with E-state index in [0.717, 1.165) is 12.8 Å². The van der Waals surface area contributed by atoms with E-state index >= 15 is 0 Å². The topological polar surface area (TPSA) is 29.5 Å². The maximum absolute atomic E-state index is 9.79. The molecule has 17 heavy (non-hydrogen) atoms. The van der Waals surface area contributed by atoms with Gasteiger partial charge >= 0.3 is 0 Å². The van der Waals surface area contributed by atoms with Crippen molar-refractivity contribution in [2.75, 3.05) is 0 Å². The summed E-state index contributed by atoms with van der Waals surface area (Å²) in [6.07, 6.45) is 5.70. The van der Waals surface area contributed by atoms with Gasteiger partial charge in [0.05, 0.1) is 12.2 Å². The van der Waals surface area contributed by atoms with Crippen LogP contribution in [0.15, 0.2) is 12.2 Å². The van der Waals surface area contributed by atoms with E-state index in [0.29, 0.717) is 0 Å². The number of unbranched alkanes of at least 4 members (excludes halogenated alkanes) is 1. The Kier molecular flexibility index (Phi) is 6.67. The Labute approximate surface area is 108 Å². The van der Waals surface area contributed by atoms with Crippen molar-refractivity contribution in [3.63, 3.8) is 0 Å². The molecule has 2 nitrogen and oxygen atoms in total. The van der Waals surface area contributed by atoms with Crippen molar-refractivity contribution in [2.45, 2.75) is 77.8 Å². The van der Waals surface area contributed by atoms with Crippen LogP contribution in [-0.4, -0.2) is 25.6 Å². The van der Waals surface area contributed by atoms with Crippen LogP contribution in [0.5, 0.6) is 0 Å². The van der Waals surface area contributed by atoms with Crippen LogP contribution in [0.1, 0.15) is 47.5 Å². The third-order valence-electron chi connectivity index (χ3n) is 3.49. The van der Waals surface area contributed by atoms with Crippen LogP contribution in [0.25, 0.3) is 0 Å². The summed E-state index contributed by atoms with van der Waals surface area (Å²) in [5.74, 6) is 0. The molecule has 0 amide bonds. The molecule has 3 heteroatoms. The highest BCUT2D eigenvalue weighted by Gasteiger charge is 2.39. The van der Waals surface area contributed by atoms with Crippen LogP contribution >= 0.6 is 0 Å². The van der Waals surface area contributed by atoms with Gasteiger partial charge in [0.2, 0.25) is 0 Å². The van der Waals surface area contributed by atoms with Crippen molar-refractivity contribution in [1.29, 1.82) is 0 Å². The molecule has 0 aliphatic carbocycles. The van der Waals surface area contributed by atoms with Crippen molar-refractivity contribution in [1.82, 2.24) is 0 Å². The molecule has 0 aliphatic rings. The first-order valence-corrected chi connectivity index (χ1v) is 9.55. The van der Waals surface area contributed by atoms with Gasteiger partial charge in [0.25, 0.3) is 0 Å². The fourth-order valence-electron chi connectivity index (χ4n) is 1.21. The zero-order valence-corrected chi connectivity index (χ0v) is 13.6. The van der Waals surface area contributed by atoms with Crippen LogP contribution < -0.4 is 0 Å². The quantitative estimate of drug-likeness (QED) is 0.574. The van der Waals surface area contributed by atoms with Gasteiger partial charge in [0, 0.05) is 0 Å². The predicted molar refractivity (Wildman–Crippen MR) is 77.8 cm³/mol. The number of allylic oxidation sites excluding steroid dienone is 1. The molecule has 0 radical (unpaired) electrons. The molecule has 0 aliphatic heterocycles. The molecular weight excluding hydrogens is 228 g/mol. The average Bonchev–Trinajstić information content (AvgIpc) is 2.14. The molecule has 102 valence electrons. The number of hydrogen-bond acceptors (Lipinski definition) is 2. The standard InChI is InChI=1S/C14H30O2Si/c1-8-9-10-11-13(12(2)15)16-17(6,7)14(3,4)5/h10-13,15H,8-9H2,1-7H3/t12-,13-/m0/s1. The van der Waals surface area contributed by atoms with E-state index in [9.17, 15) is 5.11 Å².